The molecule has 0 aliphatic carbocycles. The van der Waals surface area contributed by atoms with Crippen LogP contribution < -0.4 is 0 Å². The van der Waals surface area contributed by atoms with Crippen LogP contribution in [0.1, 0.15) is 36.5 Å². The molecule has 1 aromatic carbocycles. The fourth-order valence-corrected chi connectivity index (χ4v) is 1.62. The van der Waals surface area contributed by atoms with E-state index in [4.69, 9.17) is 0 Å². The van der Waals surface area contributed by atoms with E-state index in [-0.39, 0.29) is 5.82 Å². The van der Waals surface area contributed by atoms with Crippen LogP contribution in [0.2, 0.25) is 0 Å². The second-order valence-electron chi connectivity index (χ2n) is 3.74. The van der Waals surface area contributed by atoms with Crippen LogP contribution in [0.3, 0.4) is 0 Å². The predicted octanol–water partition coefficient (Wildman–Crippen LogP) is 3.52. The van der Waals surface area contributed by atoms with Crippen molar-refractivity contribution >= 4 is 0 Å². The number of allylic oxidation sites excluding steroid dienone is 1. The lowest BCUT2D eigenvalue weighted by atomic mass is 9.99. The van der Waals surface area contributed by atoms with Gasteiger partial charge in [-0.3, -0.25) is 0 Å². The number of halogens is 1. The van der Waals surface area contributed by atoms with Gasteiger partial charge in [0.25, 0.3) is 0 Å². The van der Waals surface area contributed by atoms with Gasteiger partial charge in [0.05, 0.1) is 6.10 Å². The third-order valence-corrected chi connectivity index (χ3v) is 2.48. The van der Waals surface area contributed by atoms with E-state index in [0.29, 0.717) is 6.42 Å². The molecule has 0 aromatic heterocycles. The van der Waals surface area contributed by atoms with Gasteiger partial charge in [-0.1, -0.05) is 12.1 Å². The van der Waals surface area contributed by atoms with Crippen molar-refractivity contribution in [3.05, 3.63) is 47.8 Å². The molecular formula is C13H17FO. The van der Waals surface area contributed by atoms with Crippen LogP contribution in [0.25, 0.3) is 0 Å². The first-order valence-corrected chi connectivity index (χ1v) is 5.20. The summed E-state index contributed by atoms with van der Waals surface area (Å²) in [4.78, 5) is 0. The average molecular weight is 208 g/mol. The highest BCUT2D eigenvalue weighted by Gasteiger charge is 2.09. The van der Waals surface area contributed by atoms with E-state index < -0.39 is 6.10 Å². The second-order valence-corrected chi connectivity index (χ2v) is 3.74. The van der Waals surface area contributed by atoms with Crippen molar-refractivity contribution in [2.24, 2.45) is 0 Å². The van der Waals surface area contributed by atoms with E-state index in [9.17, 15) is 9.50 Å². The van der Waals surface area contributed by atoms with Crippen molar-refractivity contribution in [3.8, 4) is 0 Å². The number of rotatable bonds is 5. The van der Waals surface area contributed by atoms with E-state index in [1.165, 1.54) is 12.1 Å². The molecule has 1 rings (SSSR count). The molecule has 1 unspecified atom stereocenters. The van der Waals surface area contributed by atoms with Crippen molar-refractivity contribution in [2.75, 3.05) is 0 Å². The minimum atomic E-state index is -0.495. The highest BCUT2D eigenvalue weighted by molar-refractivity contribution is 5.28. The Morgan fingerprint density at radius 2 is 2.27 bits per heavy atom. The van der Waals surface area contributed by atoms with Gasteiger partial charge in [-0.2, -0.15) is 0 Å². The monoisotopic (exact) mass is 208 g/mol. The van der Waals surface area contributed by atoms with Crippen LogP contribution in [0.4, 0.5) is 4.39 Å². The zero-order chi connectivity index (χ0) is 11.3. The summed E-state index contributed by atoms with van der Waals surface area (Å²) in [5.74, 6) is -0.255. The lowest BCUT2D eigenvalue weighted by molar-refractivity contribution is 0.164. The summed E-state index contributed by atoms with van der Waals surface area (Å²) < 4.78 is 12.8. The number of aliphatic hydroxyl groups excluding tert-OH is 1. The molecule has 1 aromatic rings. The van der Waals surface area contributed by atoms with Gasteiger partial charge in [0, 0.05) is 0 Å². The Bertz CT molecular complexity index is 333. The Morgan fingerprint density at radius 1 is 1.53 bits per heavy atom. The van der Waals surface area contributed by atoms with Crippen molar-refractivity contribution in [1.82, 2.24) is 0 Å². The van der Waals surface area contributed by atoms with Crippen LogP contribution in [-0.4, -0.2) is 5.11 Å². The predicted molar refractivity (Wildman–Crippen MR) is 60.1 cm³/mol. The highest BCUT2D eigenvalue weighted by atomic mass is 19.1. The van der Waals surface area contributed by atoms with Gasteiger partial charge >= 0.3 is 0 Å². The molecule has 0 aliphatic heterocycles. The van der Waals surface area contributed by atoms with Crippen molar-refractivity contribution < 1.29 is 9.50 Å². The summed E-state index contributed by atoms with van der Waals surface area (Å²) in [6.45, 7) is 5.44. The molecule has 82 valence electrons. The van der Waals surface area contributed by atoms with Gasteiger partial charge in [-0.05, 0) is 49.4 Å². The minimum absolute atomic E-state index is 0.255. The number of benzene rings is 1. The quantitative estimate of drug-likeness (QED) is 0.579. The van der Waals surface area contributed by atoms with E-state index in [2.05, 4.69) is 6.58 Å². The Labute approximate surface area is 90.3 Å². The first kappa shape index (κ1) is 11.9. The zero-order valence-corrected chi connectivity index (χ0v) is 9.04. The normalized spacial score (nSPS) is 12.5. The summed E-state index contributed by atoms with van der Waals surface area (Å²) in [5, 5.41) is 9.86. The maximum atomic E-state index is 12.8. The minimum Gasteiger partial charge on any atom is -0.388 e. The molecule has 0 spiro atoms. The fourth-order valence-electron chi connectivity index (χ4n) is 1.62. The van der Waals surface area contributed by atoms with Crippen LogP contribution in [0.15, 0.2) is 30.9 Å². The molecule has 0 saturated heterocycles. The van der Waals surface area contributed by atoms with Crippen molar-refractivity contribution in [2.45, 2.75) is 32.3 Å². The molecule has 1 nitrogen and oxygen atoms in total. The van der Waals surface area contributed by atoms with Crippen molar-refractivity contribution in [1.29, 1.82) is 0 Å². The highest BCUT2D eigenvalue weighted by Crippen LogP contribution is 2.23. The topological polar surface area (TPSA) is 20.2 Å². The number of unbranched alkanes of at least 4 members (excludes halogenated alkanes) is 1. The van der Waals surface area contributed by atoms with E-state index >= 15 is 0 Å². The number of hydrogen-bond acceptors (Lipinski definition) is 1. The zero-order valence-electron chi connectivity index (χ0n) is 9.04. The van der Waals surface area contributed by atoms with Gasteiger partial charge in [-0.25, -0.2) is 4.39 Å². The number of hydrogen-bond donors (Lipinski definition) is 1. The lowest BCUT2D eigenvalue weighted by Gasteiger charge is -2.13. The summed E-state index contributed by atoms with van der Waals surface area (Å²) in [5.41, 5.74) is 1.63. The summed E-state index contributed by atoms with van der Waals surface area (Å²) in [6, 6.07) is 4.49. The largest absolute Gasteiger partial charge is 0.388 e. The van der Waals surface area contributed by atoms with Crippen LogP contribution >= 0.6 is 0 Å². The maximum absolute atomic E-state index is 12.8. The Morgan fingerprint density at radius 3 is 2.87 bits per heavy atom. The standard InChI is InChI=1S/C13H17FO/c1-3-4-5-6-13(15)12-8-7-11(14)9-10(12)2/h3,7-9,13,15H,1,4-6H2,2H3. The molecule has 15 heavy (non-hydrogen) atoms. The van der Waals surface area contributed by atoms with Gasteiger partial charge in [-0.15, -0.1) is 6.58 Å². The van der Waals surface area contributed by atoms with Crippen LogP contribution in [0.5, 0.6) is 0 Å². The van der Waals surface area contributed by atoms with E-state index in [1.54, 1.807) is 6.07 Å². The SMILES string of the molecule is C=CCCCC(O)c1ccc(F)cc1C. The lowest BCUT2D eigenvalue weighted by Crippen LogP contribution is -2.00. The molecule has 0 amide bonds. The second kappa shape index (κ2) is 5.66. The van der Waals surface area contributed by atoms with E-state index in [0.717, 1.165) is 24.0 Å². The first-order valence-electron chi connectivity index (χ1n) is 5.20. The Kier molecular flexibility index (Phi) is 4.50. The molecule has 1 atom stereocenters. The molecule has 0 heterocycles. The molecule has 0 fully saturated rings. The third-order valence-electron chi connectivity index (χ3n) is 2.48. The number of aryl methyl sites for hydroxylation is 1. The number of aliphatic hydroxyl groups is 1. The molecule has 1 N–H and O–H groups in total. The average Bonchev–Trinajstić information content (AvgIpc) is 2.17. The van der Waals surface area contributed by atoms with Crippen LogP contribution in [0, 0.1) is 12.7 Å². The Hall–Kier alpha value is -1.15. The summed E-state index contributed by atoms with van der Waals surface area (Å²) >= 11 is 0. The molecule has 2 heteroatoms. The van der Waals surface area contributed by atoms with Crippen LogP contribution in [-0.2, 0) is 0 Å². The maximum Gasteiger partial charge on any atom is 0.123 e. The summed E-state index contributed by atoms with van der Waals surface area (Å²) in [6.07, 6.45) is 3.84. The molecular weight excluding hydrogens is 191 g/mol. The van der Waals surface area contributed by atoms with Gasteiger partial charge in [0.2, 0.25) is 0 Å². The van der Waals surface area contributed by atoms with Crippen molar-refractivity contribution in [3.63, 3.8) is 0 Å². The smallest absolute Gasteiger partial charge is 0.123 e. The van der Waals surface area contributed by atoms with E-state index in [1.807, 2.05) is 13.0 Å². The first-order chi connectivity index (χ1) is 7.15. The summed E-state index contributed by atoms with van der Waals surface area (Å²) in [7, 11) is 0. The molecule has 0 saturated carbocycles. The molecule has 0 radical (unpaired) electrons. The van der Waals surface area contributed by atoms with Gasteiger partial charge < -0.3 is 5.11 Å². The third kappa shape index (κ3) is 3.48. The van der Waals surface area contributed by atoms with Gasteiger partial charge in [0.1, 0.15) is 5.82 Å². The van der Waals surface area contributed by atoms with Gasteiger partial charge in [0.15, 0.2) is 0 Å². The molecule has 0 aliphatic rings. The molecule has 0 bridgehead atoms. The fraction of sp³-hybridized carbons (Fsp3) is 0.385. The Balaban J connectivity index is 2.64.